The average Bonchev–Trinajstić information content (AvgIpc) is 2.77. The van der Waals surface area contributed by atoms with Gasteiger partial charge in [-0.3, -0.25) is 4.79 Å². The summed E-state index contributed by atoms with van der Waals surface area (Å²) < 4.78 is 1.60. The largest absolute Gasteiger partial charge is 0.508 e. The van der Waals surface area contributed by atoms with E-state index in [0.717, 1.165) is 12.0 Å². The van der Waals surface area contributed by atoms with E-state index in [1.54, 1.807) is 10.6 Å². The number of hydrogen-bond donors (Lipinski definition) is 3. The van der Waals surface area contributed by atoms with Crippen LogP contribution in [0.3, 0.4) is 0 Å². The Labute approximate surface area is 128 Å². The maximum atomic E-state index is 11.4. The van der Waals surface area contributed by atoms with E-state index in [1.165, 1.54) is 6.07 Å². The second kappa shape index (κ2) is 5.03. The average molecular weight is 353 g/mol. The molecule has 0 aliphatic carbocycles. The van der Waals surface area contributed by atoms with Crippen LogP contribution < -0.4 is 5.73 Å². The Hall–Kier alpha value is -2.09. The molecule has 3 rings (SSSR count). The number of phenolic OH excluding ortho intramolecular Hbond substituents is 2. The van der Waals surface area contributed by atoms with Gasteiger partial charge in [0.05, 0.1) is 5.56 Å². The van der Waals surface area contributed by atoms with Crippen molar-refractivity contribution in [3.63, 3.8) is 0 Å². The van der Waals surface area contributed by atoms with Gasteiger partial charge in [0.2, 0.25) is 5.82 Å². The van der Waals surface area contributed by atoms with Crippen molar-refractivity contribution in [1.29, 1.82) is 0 Å². The summed E-state index contributed by atoms with van der Waals surface area (Å²) in [5, 5.41) is 27.6. The van der Waals surface area contributed by atoms with Crippen molar-refractivity contribution < 1.29 is 15.0 Å². The highest BCUT2D eigenvalue weighted by Crippen LogP contribution is 2.38. The molecule has 0 saturated heterocycles. The molecule has 4 N–H and O–H groups in total. The maximum absolute atomic E-state index is 11.4. The molecule has 2 aromatic rings. The standard InChI is InChI=1S/C13H13BrN4O3/c14-7-1-2-18-12(16-17-13(18)11(15)21)10-6(3-7)4-8(19)5-9(10)20/h4-5,7,19-20H,1-3H2,(H2,15,21). The highest BCUT2D eigenvalue weighted by atomic mass is 79.9. The molecule has 1 aliphatic heterocycles. The number of amides is 1. The first-order valence-electron chi connectivity index (χ1n) is 6.39. The molecule has 110 valence electrons. The van der Waals surface area contributed by atoms with Crippen molar-refractivity contribution in [3.05, 3.63) is 23.5 Å². The van der Waals surface area contributed by atoms with Gasteiger partial charge in [0.15, 0.2) is 5.82 Å². The number of carbonyl (C=O) groups is 1. The predicted molar refractivity (Wildman–Crippen MR) is 78.3 cm³/mol. The zero-order chi connectivity index (χ0) is 15.1. The summed E-state index contributed by atoms with van der Waals surface area (Å²) in [7, 11) is 0. The van der Waals surface area contributed by atoms with Gasteiger partial charge in [-0.1, -0.05) is 15.9 Å². The van der Waals surface area contributed by atoms with Crippen LogP contribution in [-0.4, -0.2) is 35.7 Å². The first kappa shape index (κ1) is 13.9. The summed E-state index contributed by atoms with van der Waals surface area (Å²) >= 11 is 3.56. The van der Waals surface area contributed by atoms with Crippen LogP contribution in [0, 0.1) is 0 Å². The molecular formula is C13H13BrN4O3. The van der Waals surface area contributed by atoms with E-state index >= 15 is 0 Å². The number of hydrogen-bond acceptors (Lipinski definition) is 5. The number of alkyl halides is 1. The molecule has 8 heteroatoms. The van der Waals surface area contributed by atoms with Crippen molar-refractivity contribution in [2.75, 3.05) is 0 Å². The van der Waals surface area contributed by atoms with Crippen LogP contribution in [0.1, 0.15) is 22.6 Å². The molecule has 0 fully saturated rings. The third-order valence-electron chi connectivity index (χ3n) is 3.49. The number of halogens is 1. The molecule has 0 saturated carbocycles. The maximum Gasteiger partial charge on any atom is 0.286 e. The number of aromatic hydroxyl groups is 2. The summed E-state index contributed by atoms with van der Waals surface area (Å²) in [4.78, 5) is 11.6. The number of aromatic nitrogens is 3. The second-order valence-corrected chi connectivity index (χ2v) is 6.25. The fourth-order valence-corrected chi connectivity index (χ4v) is 3.13. The molecule has 1 aromatic carbocycles. The summed E-state index contributed by atoms with van der Waals surface area (Å²) in [5.41, 5.74) is 6.52. The van der Waals surface area contributed by atoms with Gasteiger partial charge in [0.25, 0.3) is 5.91 Å². The first-order chi connectivity index (χ1) is 9.97. The van der Waals surface area contributed by atoms with Gasteiger partial charge >= 0.3 is 0 Å². The number of nitrogens with zero attached hydrogens (tertiary/aromatic N) is 3. The van der Waals surface area contributed by atoms with Crippen LogP contribution in [0.15, 0.2) is 12.1 Å². The topological polar surface area (TPSA) is 114 Å². The van der Waals surface area contributed by atoms with Crippen molar-refractivity contribution in [3.8, 4) is 22.9 Å². The second-order valence-electron chi connectivity index (χ2n) is 4.95. The van der Waals surface area contributed by atoms with Gasteiger partial charge in [-0.25, -0.2) is 0 Å². The third-order valence-corrected chi connectivity index (χ3v) is 4.27. The van der Waals surface area contributed by atoms with E-state index in [1.807, 2.05) is 0 Å². The number of primary amides is 1. The molecule has 1 unspecified atom stereocenters. The van der Waals surface area contributed by atoms with E-state index in [4.69, 9.17) is 5.73 Å². The molecule has 7 nitrogen and oxygen atoms in total. The molecule has 0 radical (unpaired) electrons. The lowest BCUT2D eigenvalue weighted by Crippen LogP contribution is -2.21. The van der Waals surface area contributed by atoms with Gasteiger partial charge in [0.1, 0.15) is 11.5 Å². The Bertz CT molecular complexity index is 728. The Kier molecular flexibility index (Phi) is 3.32. The minimum atomic E-state index is -0.666. The monoisotopic (exact) mass is 352 g/mol. The van der Waals surface area contributed by atoms with Crippen LogP contribution in [-0.2, 0) is 13.0 Å². The van der Waals surface area contributed by atoms with Gasteiger partial charge in [0, 0.05) is 17.4 Å². The lowest BCUT2D eigenvalue weighted by Gasteiger charge is -2.20. The zero-order valence-electron chi connectivity index (χ0n) is 11.0. The Morgan fingerprint density at radius 1 is 1.38 bits per heavy atom. The molecule has 0 spiro atoms. The van der Waals surface area contributed by atoms with E-state index in [2.05, 4.69) is 26.1 Å². The fraction of sp³-hybridized carbons (Fsp3) is 0.308. The fourth-order valence-electron chi connectivity index (χ4n) is 2.58. The molecule has 1 aromatic heterocycles. The summed E-state index contributed by atoms with van der Waals surface area (Å²) in [6, 6.07) is 2.82. The highest BCUT2D eigenvalue weighted by Gasteiger charge is 2.26. The number of phenols is 2. The number of nitrogens with two attached hydrogens (primary N) is 1. The molecule has 2 heterocycles. The smallest absolute Gasteiger partial charge is 0.286 e. The summed E-state index contributed by atoms with van der Waals surface area (Å²) in [6.07, 6.45) is 1.36. The van der Waals surface area contributed by atoms with E-state index in [-0.39, 0.29) is 22.2 Å². The third kappa shape index (κ3) is 2.35. The molecule has 1 atom stereocenters. The molecular weight excluding hydrogens is 340 g/mol. The molecule has 0 bridgehead atoms. The van der Waals surface area contributed by atoms with Gasteiger partial charge < -0.3 is 20.5 Å². The van der Waals surface area contributed by atoms with Crippen LogP contribution in [0.5, 0.6) is 11.5 Å². The number of rotatable bonds is 1. The number of carbonyl (C=O) groups excluding carboxylic acids is 1. The summed E-state index contributed by atoms with van der Waals surface area (Å²) in [5.74, 6) is -0.343. The lowest BCUT2D eigenvalue weighted by atomic mass is 9.98. The SMILES string of the molecule is NC(=O)c1nnc2n1CCC(Br)Cc1cc(O)cc(O)c1-2. The Balaban J connectivity index is 2.28. The van der Waals surface area contributed by atoms with Crippen molar-refractivity contribution in [1.82, 2.24) is 14.8 Å². The van der Waals surface area contributed by atoms with Crippen molar-refractivity contribution in [2.24, 2.45) is 5.73 Å². The van der Waals surface area contributed by atoms with Crippen molar-refractivity contribution in [2.45, 2.75) is 24.2 Å². The highest BCUT2D eigenvalue weighted by molar-refractivity contribution is 9.09. The van der Waals surface area contributed by atoms with Crippen LogP contribution >= 0.6 is 15.9 Å². The van der Waals surface area contributed by atoms with Gasteiger partial charge in [-0.2, -0.15) is 0 Å². The first-order valence-corrected chi connectivity index (χ1v) is 7.31. The van der Waals surface area contributed by atoms with E-state index in [0.29, 0.717) is 24.4 Å². The Morgan fingerprint density at radius 2 is 2.14 bits per heavy atom. The Morgan fingerprint density at radius 3 is 2.86 bits per heavy atom. The molecule has 1 amide bonds. The van der Waals surface area contributed by atoms with Crippen molar-refractivity contribution >= 4 is 21.8 Å². The molecule has 1 aliphatic rings. The van der Waals surface area contributed by atoms with Crippen LogP contribution in [0.4, 0.5) is 0 Å². The molecule has 21 heavy (non-hydrogen) atoms. The summed E-state index contributed by atoms with van der Waals surface area (Å²) in [6.45, 7) is 0.510. The lowest BCUT2D eigenvalue weighted by molar-refractivity contribution is 0.0985. The number of benzene rings is 1. The van der Waals surface area contributed by atoms with Crippen LogP contribution in [0.25, 0.3) is 11.4 Å². The van der Waals surface area contributed by atoms with Crippen LogP contribution in [0.2, 0.25) is 0 Å². The van der Waals surface area contributed by atoms with Gasteiger partial charge in [-0.15, -0.1) is 10.2 Å². The predicted octanol–water partition coefficient (Wildman–Crippen LogP) is 1.16. The minimum absolute atomic E-state index is 0.0206. The van der Waals surface area contributed by atoms with Gasteiger partial charge in [-0.05, 0) is 24.5 Å². The van der Waals surface area contributed by atoms with E-state index in [9.17, 15) is 15.0 Å². The quantitative estimate of drug-likeness (QED) is 0.666. The number of fused-ring (bicyclic) bond motifs is 3. The zero-order valence-corrected chi connectivity index (χ0v) is 12.5. The minimum Gasteiger partial charge on any atom is -0.508 e. The van der Waals surface area contributed by atoms with E-state index < -0.39 is 5.91 Å². The normalized spacial score (nSPS) is 17.5.